The smallest absolute Gasteiger partial charge is 0.331 e. The number of nitrogens with zero attached hydrogens (tertiary/aromatic N) is 1. The minimum absolute atomic E-state index is 0.0273. The number of rotatable bonds is 6. The summed E-state index contributed by atoms with van der Waals surface area (Å²) < 4.78 is 28.5. The molecule has 0 aliphatic carbocycles. The van der Waals surface area contributed by atoms with Gasteiger partial charge in [0.25, 0.3) is 5.91 Å². The van der Waals surface area contributed by atoms with E-state index in [0.717, 1.165) is 11.1 Å². The minimum Gasteiger partial charge on any atom is -0.449 e. The number of esters is 1. The van der Waals surface area contributed by atoms with Gasteiger partial charge in [0.1, 0.15) is 0 Å². The lowest BCUT2D eigenvalue weighted by Crippen LogP contribution is -2.46. The van der Waals surface area contributed by atoms with Crippen molar-refractivity contribution in [2.24, 2.45) is 0 Å². The van der Waals surface area contributed by atoms with Crippen molar-refractivity contribution in [2.75, 3.05) is 18.1 Å². The third-order valence-corrected chi connectivity index (χ3v) is 6.12. The lowest BCUT2D eigenvalue weighted by Gasteiger charge is -2.29. The molecule has 0 bridgehead atoms. The van der Waals surface area contributed by atoms with Gasteiger partial charge in [-0.25, -0.2) is 13.2 Å². The fourth-order valence-electron chi connectivity index (χ4n) is 3.05. The van der Waals surface area contributed by atoms with Crippen molar-refractivity contribution in [1.29, 1.82) is 0 Å². The highest BCUT2D eigenvalue weighted by Crippen LogP contribution is 2.19. The van der Waals surface area contributed by atoms with E-state index in [1.54, 1.807) is 13.0 Å². The van der Waals surface area contributed by atoms with E-state index in [9.17, 15) is 18.0 Å². The Morgan fingerprint density at radius 1 is 1.38 bits per heavy atom. The second kappa shape index (κ2) is 8.49. The molecular weight excluding hydrogens is 354 g/mol. The summed E-state index contributed by atoms with van der Waals surface area (Å²) in [5.74, 6) is -0.913. The van der Waals surface area contributed by atoms with Gasteiger partial charge in [0.15, 0.2) is 15.9 Å². The largest absolute Gasteiger partial charge is 0.449 e. The Labute approximate surface area is 154 Å². The molecule has 0 unspecified atom stereocenters. The number of hydrogen-bond acceptors (Lipinski definition) is 5. The summed E-state index contributed by atoms with van der Waals surface area (Å²) in [6.45, 7) is 5.63. The van der Waals surface area contributed by atoms with Crippen LogP contribution in [0.25, 0.3) is 6.08 Å². The van der Waals surface area contributed by atoms with E-state index < -0.39 is 21.9 Å². The van der Waals surface area contributed by atoms with Crippen LogP contribution >= 0.6 is 0 Å². The number of carbonyl (C=O) groups excluding carboxylic acids is 2. The van der Waals surface area contributed by atoms with E-state index in [1.165, 1.54) is 17.9 Å². The van der Waals surface area contributed by atoms with Crippen LogP contribution in [0.1, 0.15) is 31.4 Å². The van der Waals surface area contributed by atoms with Crippen molar-refractivity contribution in [1.82, 2.24) is 4.90 Å². The molecule has 7 heteroatoms. The highest BCUT2D eigenvalue weighted by Gasteiger charge is 2.36. The zero-order chi connectivity index (χ0) is 19.3. The fraction of sp³-hybridized carbons (Fsp3) is 0.474. The van der Waals surface area contributed by atoms with Gasteiger partial charge in [-0.2, -0.15) is 0 Å². The summed E-state index contributed by atoms with van der Waals surface area (Å²) in [6.07, 6.45) is 2.38. The van der Waals surface area contributed by atoms with E-state index in [2.05, 4.69) is 0 Å². The first-order valence-electron chi connectivity index (χ1n) is 8.68. The monoisotopic (exact) mass is 379 g/mol. The molecule has 142 valence electrons. The average Bonchev–Trinajstić information content (AvgIpc) is 2.93. The highest BCUT2D eigenvalue weighted by atomic mass is 32.2. The molecule has 26 heavy (non-hydrogen) atoms. The number of hydrogen-bond donors (Lipinski definition) is 0. The quantitative estimate of drug-likeness (QED) is 0.558. The number of ether oxygens (including phenoxy) is 1. The molecule has 2 atom stereocenters. The van der Waals surface area contributed by atoms with Crippen LogP contribution in [0, 0.1) is 6.92 Å². The zero-order valence-corrected chi connectivity index (χ0v) is 16.2. The van der Waals surface area contributed by atoms with Gasteiger partial charge in [-0.3, -0.25) is 4.79 Å². The predicted octanol–water partition coefficient (Wildman–Crippen LogP) is 1.98. The normalized spacial score (nSPS) is 20.0. The Bertz CT molecular complexity index is 800. The summed E-state index contributed by atoms with van der Waals surface area (Å²) in [5.41, 5.74) is 1.95. The van der Waals surface area contributed by atoms with Crippen molar-refractivity contribution in [3.05, 3.63) is 41.5 Å². The van der Waals surface area contributed by atoms with Crippen molar-refractivity contribution in [2.45, 2.75) is 39.3 Å². The standard InChI is InChI=1S/C19H25NO5S/c1-4-20(17-10-11-26(23,24)13-17)19(22)15(3)25-18(21)9-8-16-7-5-6-14(2)12-16/h5-9,12,15,17H,4,10-11,13H2,1-3H3/b9-8+/t15-,17+/m0/s1. The molecule has 1 aromatic carbocycles. The number of amides is 1. The van der Waals surface area contributed by atoms with E-state index in [-0.39, 0.29) is 23.5 Å². The van der Waals surface area contributed by atoms with E-state index >= 15 is 0 Å². The Morgan fingerprint density at radius 3 is 2.69 bits per heavy atom. The number of likely N-dealkylation sites (N-methyl/N-ethyl adjacent to an activating group) is 1. The van der Waals surface area contributed by atoms with Gasteiger partial charge in [-0.05, 0) is 38.8 Å². The first-order chi connectivity index (χ1) is 12.2. The number of sulfone groups is 1. The molecule has 1 saturated heterocycles. The van der Waals surface area contributed by atoms with Crippen LogP contribution in [-0.4, -0.2) is 55.4 Å². The average molecular weight is 379 g/mol. The summed E-state index contributed by atoms with van der Waals surface area (Å²) in [4.78, 5) is 26.0. The molecule has 6 nitrogen and oxygen atoms in total. The van der Waals surface area contributed by atoms with Crippen molar-refractivity contribution >= 4 is 27.8 Å². The van der Waals surface area contributed by atoms with Gasteiger partial charge in [-0.1, -0.05) is 29.8 Å². The van der Waals surface area contributed by atoms with Crippen LogP contribution < -0.4 is 0 Å². The molecule has 0 saturated carbocycles. The van der Waals surface area contributed by atoms with Crippen molar-refractivity contribution < 1.29 is 22.7 Å². The maximum atomic E-state index is 12.6. The van der Waals surface area contributed by atoms with Gasteiger partial charge in [0.05, 0.1) is 11.5 Å². The lowest BCUT2D eigenvalue weighted by atomic mass is 10.1. The number of carbonyl (C=O) groups is 2. The van der Waals surface area contributed by atoms with Gasteiger partial charge in [0, 0.05) is 18.7 Å². The Hall–Kier alpha value is -2.15. The maximum absolute atomic E-state index is 12.6. The molecule has 0 spiro atoms. The van der Waals surface area contributed by atoms with Crippen LogP contribution in [0.15, 0.2) is 30.3 Å². The number of aryl methyl sites for hydroxylation is 1. The summed E-state index contributed by atoms with van der Waals surface area (Å²) in [7, 11) is -3.09. The Balaban J connectivity index is 1.95. The first-order valence-corrected chi connectivity index (χ1v) is 10.5. The van der Waals surface area contributed by atoms with Crippen LogP contribution in [0.2, 0.25) is 0 Å². The Kier molecular flexibility index (Phi) is 6.58. The Morgan fingerprint density at radius 2 is 2.12 bits per heavy atom. The molecule has 1 aliphatic heterocycles. The molecule has 0 radical (unpaired) electrons. The molecule has 1 fully saturated rings. The van der Waals surface area contributed by atoms with Crippen molar-refractivity contribution in [3.63, 3.8) is 0 Å². The van der Waals surface area contributed by atoms with E-state index in [4.69, 9.17) is 4.74 Å². The molecular formula is C19H25NO5S. The van der Waals surface area contributed by atoms with Crippen LogP contribution in [0.4, 0.5) is 0 Å². The third-order valence-electron chi connectivity index (χ3n) is 4.37. The van der Waals surface area contributed by atoms with Crippen LogP contribution in [-0.2, 0) is 24.2 Å². The van der Waals surface area contributed by atoms with Crippen LogP contribution in [0.5, 0.6) is 0 Å². The van der Waals surface area contributed by atoms with Crippen molar-refractivity contribution in [3.8, 4) is 0 Å². The summed E-state index contributed by atoms with van der Waals surface area (Å²) in [5, 5.41) is 0. The lowest BCUT2D eigenvalue weighted by molar-refractivity contribution is -0.156. The first kappa shape index (κ1) is 20.2. The van der Waals surface area contributed by atoms with Gasteiger partial charge in [-0.15, -0.1) is 0 Å². The summed E-state index contributed by atoms with van der Waals surface area (Å²) in [6, 6.07) is 7.30. The topological polar surface area (TPSA) is 80.8 Å². The molecule has 1 amide bonds. The predicted molar refractivity (Wildman–Crippen MR) is 100 cm³/mol. The highest BCUT2D eigenvalue weighted by molar-refractivity contribution is 7.91. The number of benzene rings is 1. The van der Waals surface area contributed by atoms with E-state index in [1.807, 2.05) is 31.2 Å². The third kappa shape index (κ3) is 5.42. The molecule has 2 rings (SSSR count). The SMILES string of the molecule is CCN(C(=O)[C@H](C)OC(=O)/C=C/c1cccc(C)c1)[C@@H]1CCS(=O)(=O)C1. The zero-order valence-electron chi connectivity index (χ0n) is 15.3. The van der Waals surface area contributed by atoms with E-state index in [0.29, 0.717) is 13.0 Å². The fourth-order valence-corrected chi connectivity index (χ4v) is 4.78. The summed E-state index contributed by atoms with van der Waals surface area (Å²) >= 11 is 0. The maximum Gasteiger partial charge on any atom is 0.331 e. The van der Waals surface area contributed by atoms with Gasteiger partial charge < -0.3 is 9.64 Å². The van der Waals surface area contributed by atoms with Gasteiger partial charge in [0.2, 0.25) is 0 Å². The molecule has 1 heterocycles. The molecule has 1 aliphatic rings. The van der Waals surface area contributed by atoms with Crippen LogP contribution in [0.3, 0.4) is 0 Å². The second-order valence-corrected chi connectivity index (χ2v) is 8.74. The minimum atomic E-state index is -3.09. The molecule has 1 aromatic rings. The molecule has 0 aromatic heterocycles. The second-order valence-electron chi connectivity index (χ2n) is 6.51. The molecule has 0 N–H and O–H groups in total. The van der Waals surface area contributed by atoms with Gasteiger partial charge >= 0.3 is 5.97 Å².